The Morgan fingerprint density at radius 2 is 2.05 bits per heavy atom. The van der Waals surface area contributed by atoms with Crippen LogP contribution in [0.15, 0.2) is 33.8 Å². The first-order chi connectivity index (χ1) is 9.74. The minimum atomic E-state index is 0.535. The molecule has 0 radical (unpaired) electrons. The van der Waals surface area contributed by atoms with Gasteiger partial charge in [0.25, 0.3) is 0 Å². The zero-order valence-corrected chi connectivity index (χ0v) is 11.8. The summed E-state index contributed by atoms with van der Waals surface area (Å²) in [6, 6.07) is 7.91. The van der Waals surface area contributed by atoms with E-state index >= 15 is 0 Å². The number of benzene rings is 1. The molecule has 0 saturated heterocycles. The summed E-state index contributed by atoms with van der Waals surface area (Å²) >= 11 is 1.45. The second-order valence-corrected chi connectivity index (χ2v) is 5.13. The van der Waals surface area contributed by atoms with Crippen LogP contribution in [0.3, 0.4) is 0 Å². The van der Waals surface area contributed by atoms with Crippen LogP contribution in [0.25, 0.3) is 11.5 Å². The third-order valence-electron chi connectivity index (χ3n) is 2.75. The number of tetrazole rings is 1. The van der Waals surface area contributed by atoms with Crippen molar-refractivity contribution < 1.29 is 4.42 Å². The van der Waals surface area contributed by atoms with Crippen molar-refractivity contribution >= 4 is 11.8 Å². The molecule has 0 unspecified atom stereocenters. The number of hydrogen-bond acceptors (Lipinski definition) is 7. The van der Waals surface area contributed by atoms with Gasteiger partial charge >= 0.3 is 0 Å². The molecule has 102 valence electrons. The van der Waals surface area contributed by atoms with Gasteiger partial charge in [0.1, 0.15) is 0 Å². The third-order valence-corrected chi connectivity index (χ3v) is 3.74. The maximum atomic E-state index is 5.67. The summed E-state index contributed by atoms with van der Waals surface area (Å²) in [4.78, 5) is 0. The van der Waals surface area contributed by atoms with E-state index in [0.29, 0.717) is 22.7 Å². The van der Waals surface area contributed by atoms with Crippen LogP contribution < -0.4 is 0 Å². The number of aryl methyl sites for hydroxylation is 2. The van der Waals surface area contributed by atoms with Crippen molar-refractivity contribution in [2.45, 2.75) is 17.8 Å². The zero-order valence-electron chi connectivity index (χ0n) is 11.0. The van der Waals surface area contributed by atoms with E-state index in [2.05, 4.69) is 25.7 Å². The second-order valence-electron chi connectivity index (χ2n) is 4.19. The van der Waals surface area contributed by atoms with E-state index in [9.17, 15) is 0 Å². The lowest BCUT2D eigenvalue weighted by Gasteiger charge is -1.98. The van der Waals surface area contributed by atoms with Gasteiger partial charge in [-0.1, -0.05) is 30.0 Å². The SMILES string of the molecule is Cc1ccccc1-c1nnc(CSc2nnnn2C)o1. The van der Waals surface area contributed by atoms with Crippen LogP contribution in [0.2, 0.25) is 0 Å². The van der Waals surface area contributed by atoms with Gasteiger partial charge < -0.3 is 4.42 Å². The van der Waals surface area contributed by atoms with E-state index < -0.39 is 0 Å². The summed E-state index contributed by atoms with van der Waals surface area (Å²) in [6.45, 7) is 2.01. The van der Waals surface area contributed by atoms with Gasteiger partial charge in [-0.25, -0.2) is 4.68 Å². The lowest BCUT2D eigenvalue weighted by atomic mass is 10.1. The molecule has 7 nitrogen and oxygen atoms in total. The molecule has 0 aliphatic heterocycles. The van der Waals surface area contributed by atoms with Crippen LogP contribution in [-0.2, 0) is 12.8 Å². The van der Waals surface area contributed by atoms with Crippen LogP contribution in [-0.4, -0.2) is 30.4 Å². The van der Waals surface area contributed by atoms with Crippen molar-refractivity contribution in [3.63, 3.8) is 0 Å². The summed E-state index contributed by atoms with van der Waals surface area (Å²) in [5.74, 6) is 1.62. The number of aromatic nitrogens is 6. The quantitative estimate of drug-likeness (QED) is 0.677. The Morgan fingerprint density at radius 1 is 1.20 bits per heavy atom. The first kappa shape index (κ1) is 12.8. The molecule has 0 amide bonds. The molecule has 1 aromatic carbocycles. The number of rotatable bonds is 4. The first-order valence-corrected chi connectivity index (χ1v) is 6.96. The highest BCUT2D eigenvalue weighted by Crippen LogP contribution is 2.24. The second kappa shape index (κ2) is 5.41. The number of hydrogen-bond donors (Lipinski definition) is 0. The molecule has 0 bridgehead atoms. The van der Waals surface area contributed by atoms with E-state index in [0.717, 1.165) is 11.1 Å². The highest BCUT2D eigenvalue weighted by atomic mass is 32.2. The molecular weight excluding hydrogens is 276 g/mol. The van der Waals surface area contributed by atoms with Gasteiger partial charge in [0.15, 0.2) is 0 Å². The van der Waals surface area contributed by atoms with Gasteiger partial charge in [-0.2, -0.15) is 0 Å². The highest BCUT2D eigenvalue weighted by molar-refractivity contribution is 7.98. The van der Waals surface area contributed by atoms with E-state index in [-0.39, 0.29) is 0 Å². The molecule has 0 saturated carbocycles. The van der Waals surface area contributed by atoms with Crippen LogP contribution in [0.1, 0.15) is 11.5 Å². The van der Waals surface area contributed by atoms with E-state index in [1.165, 1.54) is 11.8 Å². The van der Waals surface area contributed by atoms with Crippen LogP contribution in [0.5, 0.6) is 0 Å². The molecule has 0 aliphatic rings. The molecule has 2 heterocycles. The molecule has 3 aromatic rings. The van der Waals surface area contributed by atoms with E-state index in [1.54, 1.807) is 11.7 Å². The number of nitrogens with zero attached hydrogens (tertiary/aromatic N) is 6. The fourth-order valence-corrected chi connectivity index (χ4v) is 2.39. The molecule has 2 aromatic heterocycles. The van der Waals surface area contributed by atoms with Crippen molar-refractivity contribution in [2.24, 2.45) is 7.05 Å². The third kappa shape index (κ3) is 2.55. The molecule has 0 atom stereocenters. The average molecular weight is 288 g/mol. The molecule has 20 heavy (non-hydrogen) atoms. The Kier molecular flexibility index (Phi) is 3.46. The smallest absolute Gasteiger partial charge is 0.248 e. The minimum Gasteiger partial charge on any atom is -0.420 e. The molecular formula is C12H12N6OS. The lowest BCUT2D eigenvalue weighted by Crippen LogP contribution is -1.93. The number of thioether (sulfide) groups is 1. The van der Waals surface area contributed by atoms with Crippen LogP contribution in [0, 0.1) is 6.92 Å². The normalized spacial score (nSPS) is 10.9. The van der Waals surface area contributed by atoms with Gasteiger partial charge in [-0.3, -0.25) is 0 Å². The van der Waals surface area contributed by atoms with Crippen molar-refractivity contribution in [1.82, 2.24) is 30.4 Å². The molecule has 0 fully saturated rings. The Balaban J connectivity index is 1.74. The zero-order chi connectivity index (χ0) is 13.9. The Morgan fingerprint density at radius 3 is 2.80 bits per heavy atom. The summed E-state index contributed by atoms with van der Waals surface area (Å²) in [6.07, 6.45) is 0. The van der Waals surface area contributed by atoms with Gasteiger partial charge in [0.05, 0.1) is 5.75 Å². The molecule has 0 aliphatic carbocycles. The summed E-state index contributed by atoms with van der Waals surface area (Å²) < 4.78 is 7.27. The molecule has 8 heteroatoms. The summed E-state index contributed by atoms with van der Waals surface area (Å²) in [5.41, 5.74) is 2.06. The first-order valence-electron chi connectivity index (χ1n) is 5.97. The lowest BCUT2D eigenvalue weighted by molar-refractivity contribution is 0.527. The Labute approximate surface area is 119 Å². The van der Waals surface area contributed by atoms with Crippen molar-refractivity contribution in [1.29, 1.82) is 0 Å². The van der Waals surface area contributed by atoms with Gasteiger partial charge in [-0.15, -0.1) is 15.3 Å². The molecule has 3 rings (SSSR count). The summed E-state index contributed by atoms with van der Waals surface area (Å²) in [7, 11) is 1.79. The highest BCUT2D eigenvalue weighted by Gasteiger charge is 2.12. The predicted octanol–water partition coefficient (Wildman–Crippen LogP) is 1.86. The standard InChI is InChI=1S/C12H12N6OS/c1-8-5-3-4-6-9(8)11-14-13-10(19-11)7-20-12-15-16-17-18(12)2/h3-6H,7H2,1-2H3. The van der Waals surface area contributed by atoms with Crippen LogP contribution in [0.4, 0.5) is 0 Å². The summed E-state index contributed by atoms with van der Waals surface area (Å²) in [5, 5.41) is 20.1. The van der Waals surface area contributed by atoms with Gasteiger partial charge in [0, 0.05) is 12.6 Å². The fourth-order valence-electron chi connectivity index (χ4n) is 1.70. The molecule has 0 N–H and O–H groups in total. The predicted molar refractivity (Wildman–Crippen MR) is 72.8 cm³/mol. The molecule has 0 spiro atoms. The van der Waals surface area contributed by atoms with Gasteiger partial charge in [0.2, 0.25) is 16.9 Å². The van der Waals surface area contributed by atoms with Crippen molar-refractivity contribution in [3.8, 4) is 11.5 Å². The Hall–Kier alpha value is -2.22. The van der Waals surface area contributed by atoms with Crippen molar-refractivity contribution in [3.05, 3.63) is 35.7 Å². The topological polar surface area (TPSA) is 82.5 Å². The maximum Gasteiger partial charge on any atom is 0.248 e. The van der Waals surface area contributed by atoms with Crippen LogP contribution >= 0.6 is 11.8 Å². The van der Waals surface area contributed by atoms with Crippen molar-refractivity contribution in [2.75, 3.05) is 0 Å². The van der Waals surface area contributed by atoms with Gasteiger partial charge in [-0.05, 0) is 29.0 Å². The van der Waals surface area contributed by atoms with E-state index in [4.69, 9.17) is 4.42 Å². The average Bonchev–Trinajstić information content (AvgIpc) is 3.06. The Bertz CT molecular complexity index is 722. The maximum absolute atomic E-state index is 5.67. The monoisotopic (exact) mass is 288 g/mol. The fraction of sp³-hybridized carbons (Fsp3) is 0.250. The minimum absolute atomic E-state index is 0.535. The van der Waals surface area contributed by atoms with E-state index in [1.807, 2.05) is 31.2 Å². The largest absolute Gasteiger partial charge is 0.420 e.